The molecule has 0 fully saturated rings. The van der Waals surface area contributed by atoms with E-state index in [4.69, 9.17) is 20.9 Å². The van der Waals surface area contributed by atoms with Crippen LogP contribution in [0.4, 0.5) is 0 Å². The highest BCUT2D eigenvalue weighted by atomic mass is 16.5. The Bertz CT molecular complexity index is 727. The van der Waals surface area contributed by atoms with Crippen LogP contribution in [0.25, 0.3) is 0 Å². The summed E-state index contributed by atoms with van der Waals surface area (Å²) in [6.45, 7) is 1.29. The van der Waals surface area contributed by atoms with Gasteiger partial charge in [-0.15, -0.1) is 0 Å². The summed E-state index contributed by atoms with van der Waals surface area (Å²) in [6, 6.07) is 10.2. The number of hydrogen-bond acceptors (Lipinski definition) is 7. The van der Waals surface area contributed by atoms with Crippen LogP contribution in [0.3, 0.4) is 0 Å². The summed E-state index contributed by atoms with van der Waals surface area (Å²) in [6.07, 6.45) is 0. The van der Waals surface area contributed by atoms with Crippen LogP contribution in [0, 0.1) is 22.7 Å². The van der Waals surface area contributed by atoms with Crippen molar-refractivity contribution in [1.82, 2.24) is 0 Å². The largest absolute Gasteiger partial charge is 0.427 e. The van der Waals surface area contributed by atoms with Crippen LogP contribution < -0.4 is 16.2 Å². The number of carbonyl (C=O) groups excluding carboxylic acids is 1. The van der Waals surface area contributed by atoms with E-state index < -0.39 is 11.9 Å². The number of benzene rings is 1. The van der Waals surface area contributed by atoms with Crippen molar-refractivity contribution in [3.05, 3.63) is 52.7 Å². The Balaban J connectivity index is 2.47. The number of nitriles is 2. The summed E-state index contributed by atoms with van der Waals surface area (Å²) in [7, 11) is 0. The van der Waals surface area contributed by atoms with Crippen LogP contribution in [0.5, 0.6) is 5.75 Å². The summed E-state index contributed by atoms with van der Waals surface area (Å²) >= 11 is 0. The fourth-order valence-electron chi connectivity index (χ4n) is 2.12. The van der Waals surface area contributed by atoms with Gasteiger partial charge in [0.2, 0.25) is 11.8 Å². The second kappa shape index (κ2) is 5.90. The Labute approximate surface area is 126 Å². The molecule has 0 spiro atoms. The average Bonchev–Trinajstić information content (AvgIpc) is 2.47. The van der Waals surface area contributed by atoms with Crippen LogP contribution in [0.1, 0.15) is 18.4 Å². The van der Waals surface area contributed by atoms with Crippen molar-refractivity contribution in [1.29, 1.82) is 10.5 Å². The number of allylic oxidation sites excluding steroid dienone is 2. The van der Waals surface area contributed by atoms with Crippen LogP contribution in [0.2, 0.25) is 0 Å². The standard InChI is InChI=1S/C15H12N4O3/c1-8(20)21-10-4-2-9(3-5-10)13-11(6-16)14(18)22-15(19)12(13)7-17/h2-5,13H,18-19H2,1H3. The fourth-order valence-corrected chi connectivity index (χ4v) is 2.12. The maximum atomic E-state index is 10.9. The number of esters is 1. The minimum atomic E-state index is -0.713. The van der Waals surface area contributed by atoms with E-state index in [1.165, 1.54) is 6.92 Å². The molecule has 110 valence electrons. The Hall–Kier alpha value is -3.45. The number of ether oxygens (including phenoxy) is 2. The SMILES string of the molecule is CC(=O)Oc1ccc(C2C(C#N)=C(N)OC(N)=C2C#N)cc1. The molecule has 1 heterocycles. The summed E-state index contributed by atoms with van der Waals surface area (Å²) in [5.41, 5.74) is 12.1. The van der Waals surface area contributed by atoms with Crippen LogP contribution in [0.15, 0.2) is 47.2 Å². The molecule has 0 saturated carbocycles. The molecule has 0 bridgehead atoms. The van der Waals surface area contributed by atoms with Gasteiger partial charge in [-0.05, 0) is 17.7 Å². The van der Waals surface area contributed by atoms with Crippen molar-refractivity contribution in [2.45, 2.75) is 12.8 Å². The molecule has 1 aromatic carbocycles. The number of nitrogens with zero attached hydrogens (tertiary/aromatic N) is 2. The zero-order chi connectivity index (χ0) is 16.3. The number of hydrogen-bond donors (Lipinski definition) is 2. The quantitative estimate of drug-likeness (QED) is 0.616. The van der Waals surface area contributed by atoms with Gasteiger partial charge in [-0.1, -0.05) is 12.1 Å². The lowest BCUT2D eigenvalue weighted by Crippen LogP contribution is -2.23. The lowest BCUT2D eigenvalue weighted by molar-refractivity contribution is -0.131. The van der Waals surface area contributed by atoms with E-state index in [1.807, 2.05) is 12.1 Å². The van der Waals surface area contributed by atoms with Gasteiger partial charge in [-0.3, -0.25) is 4.79 Å². The van der Waals surface area contributed by atoms with E-state index in [0.29, 0.717) is 11.3 Å². The molecule has 0 amide bonds. The molecular formula is C15H12N4O3. The normalized spacial score (nSPS) is 14.9. The molecule has 4 N–H and O–H groups in total. The van der Waals surface area contributed by atoms with Crippen LogP contribution in [-0.4, -0.2) is 5.97 Å². The van der Waals surface area contributed by atoms with Gasteiger partial charge in [0.05, 0.1) is 5.92 Å². The first-order valence-corrected chi connectivity index (χ1v) is 6.23. The highest BCUT2D eigenvalue weighted by molar-refractivity contribution is 5.69. The molecule has 0 atom stereocenters. The van der Waals surface area contributed by atoms with Gasteiger partial charge in [0.25, 0.3) is 0 Å². The molecule has 1 aromatic rings. The summed E-state index contributed by atoms with van der Waals surface area (Å²) in [5, 5.41) is 18.5. The van der Waals surface area contributed by atoms with Gasteiger partial charge >= 0.3 is 5.97 Å². The number of nitrogens with two attached hydrogens (primary N) is 2. The molecule has 0 radical (unpaired) electrons. The highest BCUT2D eigenvalue weighted by Crippen LogP contribution is 2.37. The number of carbonyl (C=O) groups is 1. The number of rotatable bonds is 2. The van der Waals surface area contributed by atoms with Gasteiger partial charge in [0, 0.05) is 6.92 Å². The smallest absolute Gasteiger partial charge is 0.308 e. The van der Waals surface area contributed by atoms with Crippen molar-refractivity contribution in [3.63, 3.8) is 0 Å². The molecule has 22 heavy (non-hydrogen) atoms. The van der Waals surface area contributed by atoms with Crippen molar-refractivity contribution in [3.8, 4) is 17.9 Å². The predicted molar refractivity (Wildman–Crippen MR) is 75.2 cm³/mol. The lowest BCUT2D eigenvalue weighted by Gasteiger charge is -2.23. The van der Waals surface area contributed by atoms with E-state index in [2.05, 4.69) is 0 Å². The van der Waals surface area contributed by atoms with E-state index in [9.17, 15) is 15.3 Å². The second-order valence-electron chi connectivity index (χ2n) is 4.48. The third-order valence-corrected chi connectivity index (χ3v) is 3.04. The monoisotopic (exact) mass is 296 g/mol. The molecule has 1 aliphatic heterocycles. The summed E-state index contributed by atoms with van der Waals surface area (Å²) < 4.78 is 9.96. The van der Waals surface area contributed by atoms with Gasteiger partial charge in [0.1, 0.15) is 29.0 Å². The minimum absolute atomic E-state index is 0.103. The Morgan fingerprint density at radius 1 is 1.14 bits per heavy atom. The Morgan fingerprint density at radius 3 is 2.05 bits per heavy atom. The lowest BCUT2D eigenvalue weighted by atomic mass is 9.84. The van der Waals surface area contributed by atoms with E-state index in [1.54, 1.807) is 24.3 Å². The predicted octanol–water partition coefficient (Wildman–Crippen LogP) is 1.11. The minimum Gasteiger partial charge on any atom is -0.427 e. The van der Waals surface area contributed by atoms with Crippen molar-refractivity contribution >= 4 is 5.97 Å². The van der Waals surface area contributed by atoms with E-state index >= 15 is 0 Å². The van der Waals surface area contributed by atoms with Crippen molar-refractivity contribution < 1.29 is 14.3 Å². The summed E-state index contributed by atoms with van der Waals surface area (Å²) in [5.74, 6) is -1.06. The zero-order valence-corrected chi connectivity index (χ0v) is 11.7. The molecule has 7 nitrogen and oxygen atoms in total. The van der Waals surface area contributed by atoms with Gasteiger partial charge < -0.3 is 20.9 Å². The highest BCUT2D eigenvalue weighted by Gasteiger charge is 2.32. The average molecular weight is 296 g/mol. The maximum Gasteiger partial charge on any atom is 0.308 e. The van der Waals surface area contributed by atoms with Gasteiger partial charge in [-0.25, -0.2) is 0 Å². The molecule has 2 rings (SSSR count). The van der Waals surface area contributed by atoms with Gasteiger partial charge in [0.15, 0.2) is 0 Å². The molecule has 7 heteroatoms. The molecule has 0 unspecified atom stereocenters. The van der Waals surface area contributed by atoms with Crippen molar-refractivity contribution in [2.24, 2.45) is 11.5 Å². The van der Waals surface area contributed by atoms with E-state index in [-0.39, 0.29) is 22.9 Å². The first-order valence-electron chi connectivity index (χ1n) is 6.23. The first-order chi connectivity index (χ1) is 10.5. The second-order valence-corrected chi connectivity index (χ2v) is 4.48. The molecule has 0 saturated heterocycles. The van der Waals surface area contributed by atoms with E-state index in [0.717, 1.165) is 0 Å². The molecule has 0 aliphatic carbocycles. The molecule has 1 aliphatic rings. The topological polar surface area (TPSA) is 135 Å². The van der Waals surface area contributed by atoms with Crippen molar-refractivity contribution in [2.75, 3.05) is 0 Å². The van der Waals surface area contributed by atoms with Crippen LogP contribution in [-0.2, 0) is 9.53 Å². The third kappa shape index (κ3) is 2.69. The third-order valence-electron chi connectivity index (χ3n) is 3.04. The van der Waals surface area contributed by atoms with Crippen LogP contribution >= 0.6 is 0 Å². The molecular weight excluding hydrogens is 284 g/mol. The van der Waals surface area contributed by atoms with Gasteiger partial charge in [-0.2, -0.15) is 10.5 Å². The Morgan fingerprint density at radius 2 is 1.64 bits per heavy atom. The maximum absolute atomic E-state index is 10.9. The summed E-state index contributed by atoms with van der Waals surface area (Å²) in [4.78, 5) is 10.9. The fraction of sp³-hybridized carbons (Fsp3) is 0.133. The molecule has 0 aromatic heterocycles. The zero-order valence-electron chi connectivity index (χ0n) is 11.7. The first kappa shape index (κ1) is 14.9. The Kier molecular flexibility index (Phi) is 4.01.